The Bertz CT molecular complexity index is 465. The van der Waals surface area contributed by atoms with Crippen molar-refractivity contribution in [3.63, 3.8) is 0 Å². The fraction of sp³-hybridized carbons (Fsp3) is 0.611. The molecule has 0 spiro atoms. The summed E-state index contributed by atoms with van der Waals surface area (Å²) in [7, 11) is -2.16. The van der Waals surface area contributed by atoms with E-state index in [2.05, 4.69) is 39.5 Å². The number of ether oxygens (including phenoxy) is 1. The second-order valence-corrected chi connectivity index (χ2v) is 11.9. The van der Waals surface area contributed by atoms with Gasteiger partial charge < -0.3 is 9.16 Å². The fourth-order valence-corrected chi connectivity index (χ4v) is 3.71. The molecular formula is C18H30O3Si. The predicted molar refractivity (Wildman–Crippen MR) is 93.2 cm³/mol. The van der Waals surface area contributed by atoms with E-state index in [1.165, 1.54) is 0 Å². The standard InChI is InChI=1S/C18H30O3Si/c1-15(2)17(19)13-21-22(6,18(3,4)5)14-20-12-16-10-8-7-9-11-16/h7-11,15H,12-14H2,1-6H3. The first-order chi connectivity index (χ1) is 10.2. The van der Waals surface area contributed by atoms with Crippen molar-refractivity contribution >= 4 is 14.1 Å². The van der Waals surface area contributed by atoms with Crippen LogP contribution in [-0.4, -0.2) is 26.9 Å². The maximum absolute atomic E-state index is 11.9. The second kappa shape index (κ2) is 8.04. The first-order valence-electron chi connectivity index (χ1n) is 7.94. The van der Waals surface area contributed by atoms with Crippen LogP contribution in [-0.2, 0) is 20.6 Å². The van der Waals surface area contributed by atoms with E-state index >= 15 is 0 Å². The van der Waals surface area contributed by atoms with Crippen molar-refractivity contribution < 1.29 is 14.0 Å². The molecule has 1 aromatic rings. The van der Waals surface area contributed by atoms with E-state index in [0.29, 0.717) is 12.8 Å². The SMILES string of the molecule is CC(C)C(=O)CO[Si](C)(COCc1ccccc1)C(C)(C)C. The van der Waals surface area contributed by atoms with Gasteiger partial charge in [-0.25, -0.2) is 0 Å². The Morgan fingerprint density at radius 3 is 2.27 bits per heavy atom. The molecule has 0 bridgehead atoms. The molecule has 1 aromatic carbocycles. The minimum absolute atomic E-state index is 0.0148. The van der Waals surface area contributed by atoms with E-state index in [0.717, 1.165) is 5.56 Å². The summed E-state index contributed by atoms with van der Waals surface area (Å²) >= 11 is 0. The normalized spacial score (nSPS) is 14.9. The highest BCUT2D eigenvalue weighted by Crippen LogP contribution is 2.37. The van der Waals surface area contributed by atoms with E-state index in [1.54, 1.807) is 0 Å². The van der Waals surface area contributed by atoms with Gasteiger partial charge in [0.15, 0.2) is 5.78 Å². The summed E-state index contributed by atoms with van der Waals surface area (Å²) < 4.78 is 12.0. The summed E-state index contributed by atoms with van der Waals surface area (Å²) in [6.07, 6.45) is 0.594. The molecular weight excluding hydrogens is 292 g/mol. The largest absolute Gasteiger partial charge is 0.407 e. The molecule has 1 rings (SSSR count). The lowest BCUT2D eigenvalue weighted by atomic mass is 10.1. The third-order valence-electron chi connectivity index (χ3n) is 4.25. The highest BCUT2D eigenvalue weighted by molar-refractivity contribution is 6.75. The van der Waals surface area contributed by atoms with E-state index in [-0.39, 0.29) is 23.3 Å². The maximum Gasteiger partial charge on any atom is 0.220 e. The molecule has 1 unspecified atom stereocenters. The molecule has 0 aliphatic carbocycles. The minimum atomic E-state index is -2.16. The van der Waals surface area contributed by atoms with Gasteiger partial charge in [0.1, 0.15) is 0 Å². The van der Waals surface area contributed by atoms with Gasteiger partial charge in [-0.15, -0.1) is 0 Å². The number of benzene rings is 1. The van der Waals surface area contributed by atoms with Crippen LogP contribution in [0.5, 0.6) is 0 Å². The van der Waals surface area contributed by atoms with E-state index < -0.39 is 8.32 Å². The van der Waals surface area contributed by atoms with Gasteiger partial charge in [0.05, 0.1) is 19.4 Å². The van der Waals surface area contributed by atoms with Crippen molar-refractivity contribution in [3.05, 3.63) is 35.9 Å². The van der Waals surface area contributed by atoms with Gasteiger partial charge in [-0.2, -0.15) is 0 Å². The molecule has 22 heavy (non-hydrogen) atoms. The molecule has 0 N–H and O–H groups in total. The predicted octanol–water partition coefficient (Wildman–Crippen LogP) is 4.36. The van der Waals surface area contributed by atoms with E-state index in [1.807, 2.05) is 32.0 Å². The van der Waals surface area contributed by atoms with Gasteiger partial charge in [0, 0.05) is 5.92 Å². The Hall–Kier alpha value is -0.973. The molecule has 0 saturated carbocycles. The molecule has 0 radical (unpaired) electrons. The Balaban J connectivity index is 2.62. The van der Waals surface area contributed by atoms with Gasteiger partial charge in [-0.3, -0.25) is 4.79 Å². The Morgan fingerprint density at radius 1 is 1.18 bits per heavy atom. The van der Waals surface area contributed by atoms with Crippen molar-refractivity contribution in [2.45, 2.75) is 52.8 Å². The lowest BCUT2D eigenvalue weighted by molar-refractivity contribution is -0.124. The van der Waals surface area contributed by atoms with Crippen molar-refractivity contribution in [3.8, 4) is 0 Å². The third-order valence-corrected chi connectivity index (χ3v) is 8.96. The summed E-state index contributed by atoms with van der Waals surface area (Å²) in [4.78, 5) is 11.9. The first-order valence-corrected chi connectivity index (χ1v) is 10.6. The Kier molecular flexibility index (Phi) is 6.97. The van der Waals surface area contributed by atoms with Crippen LogP contribution in [0.3, 0.4) is 0 Å². The molecule has 0 heterocycles. The van der Waals surface area contributed by atoms with Gasteiger partial charge in [-0.1, -0.05) is 65.0 Å². The average molecular weight is 323 g/mol. The van der Waals surface area contributed by atoms with E-state index in [4.69, 9.17) is 9.16 Å². The zero-order chi connectivity index (χ0) is 16.8. The van der Waals surface area contributed by atoms with Crippen LogP contribution < -0.4 is 0 Å². The van der Waals surface area contributed by atoms with Crippen molar-refractivity contribution in [2.24, 2.45) is 5.92 Å². The summed E-state index contributed by atoms with van der Waals surface area (Å²) in [5.74, 6) is 0.175. The first kappa shape index (κ1) is 19.1. The highest BCUT2D eigenvalue weighted by atomic mass is 28.4. The highest BCUT2D eigenvalue weighted by Gasteiger charge is 2.43. The second-order valence-electron chi connectivity index (χ2n) is 7.37. The van der Waals surface area contributed by atoms with Gasteiger partial charge in [0.2, 0.25) is 8.32 Å². The summed E-state index contributed by atoms with van der Waals surface area (Å²) in [5.41, 5.74) is 1.16. The molecule has 124 valence electrons. The van der Waals surface area contributed by atoms with Crippen LogP contribution >= 0.6 is 0 Å². The molecule has 1 atom stereocenters. The van der Waals surface area contributed by atoms with Crippen LogP contribution in [0.15, 0.2) is 30.3 Å². The number of hydrogen-bond acceptors (Lipinski definition) is 3. The molecule has 3 nitrogen and oxygen atoms in total. The van der Waals surface area contributed by atoms with Gasteiger partial charge in [-0.05, 0) is 17.1 Å². The zero-order valence-electron chi connectivity index (χ0n) is 14.8. The fourth-order valence-electron chi connectivity index (χ4n) is 1.81. The van der Waals surface area contributed by atoms with Crippen molar-refractivity contribution in [1.29, 1.82) is 0 Å². The number of carbonyl (C=O) groups is 1. The van der Waals surface area contributed by atoms with Gasteiger partial charge >= 0.3 is 0 Å². The smallest absolute Gasteiger partial charge is 0.220 e. The number of Topliss-reactive ketones (excluding diaryl/α,β-unsaturated/α-hetero) is 1. The Morgan fingerprint density at radius 2 is 1.77 bits per heavy atom. The summed E-state index contributed by atoms with van der Waals surface area (Å²) in [6.45, 7) is 13.3. The van der Waals surface area contributed by atoms with Crippen molar-refractivity contribution in [2.75, 3.05) is 12.8 Å². The Labute approximate surface area is 136 Å². The zero-order valence-corrected chi connectivity index (χ0v) is 15.8. The number of ketones is 1. The molecule has 0 saturated heterocycles. The topological polar surface area (TPSA) is 35.5 Å². The molecule has 4 heteroatoms. The summed E-state index contributed by atoms with van der Waals surface area (Å²) in [5, 5.41) is 0.0148. The quantitative estimate of drug-likeness (QED) is 0.667. The van der Waals surface area contributed by atoms with Crippen LogP contribution in [0.25, 0.3) is 0 Å². The average Bonchev–Trinajstić information content (AvgIpc) is 2.44. The van der Waals surface area contributed by atoms with Crippen molar-refractivity contribution in [1.82, 2.24) is 0 Å². The third kappa shape index (κ3) is 5.67. The molecule has 0 amide bonds. The molecule has 0 aromatic heterocycles. The van der Waals surface area contributed by atoms with Crippen LogP contribution in [0, 0.1) is 5.92 Å². The monoisotopic (exact) mass is 322 g/mol. The van der Waals surface area contributed by atoms with Crippen LogP contribution in [0.4, 0.5) is 0 Å². The molecule has 0 aliphatic rings. The molecule has 0 aliphatic heterocycles. The minimum Gasteiger partial charge on any atom is -0.407 e. The molecule has 0 fully saturated rings. The lowest BCUT2D eigenvalue weighted by Crippen LogP contribution is -2.50. The van der Waals surface area contributed by atoms with Gasteiger partial charge in [0.25, 0.3) is 0 Å². The maximum atomic E-state index is 11.9. The number of hydrogen-bond donors (Lipinski definition) is 0. The van der Waals surface area contributed by atoms with E-state index in [9.17, 15) is 4.79 Å². The number of rotatable bonds is 8. The van der Waals surface area contributed by atoms with Crippen LogP contribution in [0.2, 0.25) is 11.6 Å². The summed E-state index contributed by atoms with van der Waals surface area (Å²) in [6, 6.07) is 10.1. The lowest BCUT2D eigenvalue weighted by Gasteiger charge is -2.39. The number of carbonyl (C=O) groups excluding carboxylic acids is 1. The van der Waals surface area contributed by atoms with Crippen LogP contribution in [0.1, 0.15) is 40.2 Å².